The van der Waals surface area contributed by atoms with E-state index in [9.17, 15) is 0 Å². The fraction of sp³-hybridized carbons (Fsp3) is 0.0714. The van der Waals surface area contributed by atoms with E-state index < -0.39 is 0 Å². The Morgan fingerprint density at radius 1 is 1.17 bits per heavy atom. The van der Waals surface area contributed by atoms with Crippen molar-refractivity contribution in [1.29, 1.82) is 0 Å². The Labute approximate surface area is 135 Å². The maximum atomic E-state index is 6.37. The van der Waals surface area contributed by atoms with Crippen molar-refractivity contribution < 1.29 is 4.42 Å². The molecule has 0 atom stereocenters. The fourth-order valence-electron chi connectivity index (χ4n) is 2.22. The first kappa shape index (κ1) is 13.6. The minimum Gasteiger partial charge on any atom is -0.420 e. The summed E-state index contributed by atoms with van der Waals surface area (Å²) in [6.45, 7) is 1.71. The van der Waals surface area contributed by atoms with Crippen LogP contribution in [0.15, 0.2) is 34.9 Å². The van der Waals surface area contributed by atoms with Crippen LogP contribution in [0.3, 0.4) is 0 Å². The van der Waals surface area contributed by atoms with E-state index in [1.165, 1.54) is 4.09 Å². The highest BCUT2D eigenvalue weighted by molar-refractivity contribution is 6.20. The predicted molar refractivity (Wildman–Crippen MR) is 84.5 cm³/mol. The SMILES string of the molecule is Cc1nnc(-c2ccc3nc(-c4cccnc4N)n(Cl)c3n2)o1. The second-order valence-electron chi connectivity index (χ2n) is 4.82. The molecule has 4 heterocycles. The summed E-state index contributed by atoms with van der Waals surface area (Å²) in [5, 5.41) is 7.74. The summed E-state index contributed by atoms with van der Waals surface area (Å²) >= 11 is 6.37. The van der Waals surface area contributed by atoms with E-state index in [0.717, 1.165) is 0 Å². The number of nitrogens with zero attached hydrogens (tertiary/aromatic N) is 6. The molecule has 23 heavy (non-hydrogen) atoms. The van der Waals surface area contributed by atoms with Crippen LogP contribution in [0.5, 0.6) is 0 Å². The zero-order chi connectivity index (χ0) is 16.0. The molecule has 2 N–H and O–H groups in total. The highest BCUT2D eigenvalue weighted by Gasteiger charge is 2.17. The second kappa shape index (κ2) is 5.03. The van der Waals surface area contributed by atoms with Crippen molar-refractivity contribution in [2.45, 2.75) is 6.92 Å². The van der Waals surface area contributed by atoms with Gasteiger partial charge in [0.15, 0.2) is 11.5 Å². The Morgan fingerprint density at radius 3 is 2.78 bits per heavy atom. The molecule has 0 saturated heterocycles. The fourth-order valence-corrected chi connectivity index (χ4v) is 2.48. The Balaban J connectivity index is 1.90. The van der Waals surface area contributed by atoms with Gasteiger partial charge in [-0.05, 0) is 24.3 Å². The van der Waals surface area contributed by atoms with Crippen LogP contribution >= 0.6 is 11.8 Å². The van der Waals surface area contributed by atoms with Crippen molar-refractivity contribution in [2.75, 3.05) is 5.73 Å². The number of imidazole rings is 1. The molecule has 114 valence electrons. The first-order valence-corrected chi connectivity index (χ1v) is 7.04. The number of halogens is 1. The molecule has 0 fully saturated rings. The quantitative estimate of drug-likeness (QED) is 0.602. The van der Waals surface area contributed by atoms with Crippen LogP contribution < -0.4 is 5.73 Å². The van der Waals surface area contributed by atoms with Crippen LogP contribution in [0.2, 0.25) is 0 Å². The van der Waals surface area contributed by atoms with Crippen LogP contribution in [-0.2, 0) is 0 Å². The minimum absolute atomic E-state index is 0.324. The van der Waals surface area contributed by atoms with E-state index in [-0.39, 0.29) is 0 Å². The number of anilines is 1. The number of aromatic nitrogens is 6. The van der Waals surface area contributed by atoms with E-state index in [1.54, 1.807) is 37.4 Å². The maximum absolute atomic E-state index is 6.37. The molecule has 0 aliphatic rings. The number of fused-ring (bicyclic) bond motifs is 1. The van der Waals surface area contributed by atoms with Crippen molar-refractivity contribution in [3.63, 3.8) is 0 Å². The van der Waals surface area contributed by atoms with Gasteiger partial charge in [-0.2, -0.15) is 0 Å². The monoisotopic (exact) mass is 327 g/mol. The van der Waals surface area contributed by atoms with Crippen LogP contribution in [-0.4, -0.2) is 29.2 Å². The lowest BCUT2D eigenvalue weighted by molar-refractivity contribution is 0.531. The summed E-state index contributed by atoms with van der Waals surface area (Å²) in [5.41, 5.74) is 8.14. The molecule has 8 nitrogen and oxygen atoms in total. The van der Waals surface area contributed by atoms with Gasteiger partial charge in [-0.25, -0.2) is 19.0 Å². The third-order valence-corrected chi connectivity index (χ3v) is 3.60. The van der Waals surface area contributed by atoms with Crippen molar-refractivity contribution >= 4 is 28.8 Å². The zero-order valence-electron chi connectivity index (χ0n) is 11.9. The largest absolute Gasteiger partial charge is 0.420 e. The summed E-state index contributed by atoms with van der Waals surface area (Å²) < 4.78 is 6.72. The molecule has 0 saturated carbocycles. The van der Waals surface area contributed by atoms with Gasteiger partial charge in [-0.1, -0.05) is 0 Å². The number of aryl methyl sites for hydroxylation is 1. The third-order valence-electron chi connectivity index (χ3n) is 3.28. The highest BCUT2D eigenvalue weighted by Crippen LogP contribution is 2.29. The molecule has 4 aromatic heterocycles. The summed E-state index contributed by atoms with van der Waals surface area (Å²) in [4.78, 5) is 13.0. The summed E-state index contributed by atoms with van der Waals surface area (Å²) in [6.07, 6.45) is 1.61. The lowest BCUT2D eigenvalue weighted by Gasteiger charge is -2.02. The Bertz CT molecular complexity index is 1020. The van der Waals surface area contributed by atoms with Gasteiger partial charge in [0, 0.05) is 24.9 Å². The molecule has 0 spiro atoms. The zero-order valence-corrected chi connectivity index (χ0v) is 12.7. The third kappa shape index (κ3) is 2.20. The first-order chi connectivity index (χ1) is 11.1. The van der Waals surface area contributed by atoms with E-state index in [4.69, 9.17) is 21.9 Å². The lowest BCUT2D eigenvalue weighted by Crippen LogP contribution is -1.96. The maximum Gasteiger partial charge on any atom is 0.266 e. The van der Waals surface area contributed by atoms with Crippen molar-refractivity contribution in [1.82, 2.24) is 29.2 Å². The molecule has 0 unspecified atom stereocenters. The standard InChI is InChI=1S/C14H10ClN7O/c1-7-20-21-14(23-7)10-5-4-9-13(19-10)22(15)12(18-9)8-3-2-6-17-11(8)16/h2-6H,1H3,(H2,16,17). The normalized spacial score (nSPS) is 11.2. The molecular formula is C14H10ClN7O. The molecule has 0 aliphatic heterocycles. The topological polar surface area (TPSA) is 109 Å². The van der Waals surface area contributed by atoms with E-state index >= 15 is 0 Å². The van der Waals surface area contributed by atoms with Gasteiger partial charge in [-0.15, -0.1) is 10.2 Å². The van der Waals surface area contributed by atoms with Gasteiger partial charge < -0.3 is 10.2 Å². The molecule has 0 aromatic carbocycles. The molecule has 0 amide bonds. The van der Waals surface area contributed by atoms with Gasteiger partial charge in [0.1, 0.15) is 17.0 Å². The number of nitrogen functional groups attached to an aromatic ring is 1. The minimum atomic E-state index is 0.324. The number of pyridine rings is 2. The van der Waals surface area contributed by atoms with Crippen LogP contribution in [0, 0.1) is 6.92 Å². The number of hydrogen-bond acceptors (Lipinski definition) is 7. The Morgan fingerprint density at radius 2 is 2.04 bits per heavy atom. The molecule has 0 radical (unpaired) electrons. The van der Waals surface area contributed by atoms with E-state index in [0.29, 0.717) is 45.8 Å². The first-order valence-electron chi connectivity index (χ1n) is 6.70. The second-order valence-corrected chi connectivity index (χ2v) is 5.16. The van der Waals surface area contributed by atoms with Gasteiger partial charge >= 0.3 is 0 Å². The number of rotatable bonds is 2. The van der Waals surface area contributed by atoms with Crippen molar-refractivity contribution in [2.24, 2.45) is 0 Å². The molecule has 9 heteroatoms. The smallest absolute Gasteiger partial charge is 0.266 e. The van der Waals surface area contributed by atoms with Crippen molar-refractivity contribution in [3.8, 4) is 23.0 Å². The van der Waals surface area contributed by atoms with Crippen molar-refractivity contribution in [3.05, 3.63) is 36.4 Å². The van der Waals surface area contributed by atoms with Gasteiger partial charge in [0.05, 0.1) is 5.56 Å². The van der Waals surface area contributed by atoms with Gasteiger partial charge in [0.25, 0.3) is 5.89 Å². The molecule has 0 bridgehead atoms. The summed E-state index contributed by atoms with van der Waals surface area (Å²) in [5.74, 6) is 1.60. The van der Waals surface area contributed by atoms with Crippen LogP contribution in [0.1, 0.15) is 5.89 Å². The molecular weight excluding hydrogens is 318 g/mol. The lowest BCUT2D eigenvalue weighted by atomic mass is 10.2. The summed E-state index contributed by atoms with van der Waals surface area (Å²) in [6, 6.07) is 7.09. The van der Waals surface area contributed by atoms with Gasteiger partial charge in [-0.3, -0.25) is 0 Å². The summed E-state index contributed by atoms with van der Waals surface area (Å²) in [7, 11) is 0. The highest BCUT2D eigenvalue weighted by atomic mass is 35.5. The number of hydrogen-bond donors (Lipinski definition) is 1. The molecule has 0 aliphatic carbocycles. The predicted octanol–water partition coefficient (Wildman–Crippen LogP) is 2.44. The Kier molecular flexibility index (Phi) is 2.98. The molecule has 4 rings (SSSR count). The average molecular weight is 328 g/mol. The van der Waals surface area contributed by atoms with Gasteiger partial charge in [0.2, 0.25) is 5.89 Å². The van der Waals surface area contributed by atoms with Crippen LogP contribution in [0.25, 0.3) is 34.1 Å². The average Bonchev–Trinajstić information content (AvgIpc) is 3.12. The van der Waals surface area contributed by atoms with Crippen LogP contribution in [0.4, 0.5) is 5.82 Å². The number of nitrogens with two attached hydrogens (primary N) is 1. The van der Waals surface area contributed by atoms with E-state index in [1.807, 2.05) is 0 Å². The Hall–Kier alpha value is -3.00. The molecule has 4 aromatic rings. The van der Waals surface area contributed by atoms with E-state index in [2.05, 4.69) is 25.1 Å².